The monoisotopic (exact) mass is 317 g/mol. The number of carbonyl (C=O) groups is 1. The van der Waals surface area contributed by atoms with E-state index in [0.717, 1.165) is 0 Å². The van der Waals surface area contributed by atoms with Gasteiger partial charge >= 0.3 is 0 Å². The number of hydrogen-bond donors (Lipinski definition) is 3. The van der Waals surface area contributed by atoms with Crippen molar-refractivity contribution in [1.82, 2.24) is 15.4 Å². The maximum atomic E-state index is 12.2. The zero-order valence-electron chi connectivity index (χ0n) is 13.2. The van der Waals surface area contributed by atoms with E-state index in [1.54, 1.807) is 24.3 Å². The molecule has 1 aromatic heterocycles. The Bertz CT molecular complexity index is 691. The van der Waals surface area contributed by atoms with Gasteiger partial charge in [0.25, 0.3) is 5.91 Å². The van der Waals surface area contributed by atoms with Gasteiger partial charge in [0.1, 0.15) is 17.8 Å². The zero-order chi connectivity index (χ0) is 16.8. The van der Waals surface area contributed by atoms with Crippen LogP contribution in [0.15, 0.2) is 30.6 Å². The number of aromatic nitrogens is 2. The predicted octanol–water partition coefficient (Wildman–Crippen LogP) is 1.61. The lowest BCUT2D eigenvalue weighted by molar-refractivity contribution is 0.0959. The maximum Gasteiger partial charge on any atom is 0.273 e. The molecule has 8 nitrogen and oxygen atoms in total. The molecule has 8 heteroatoms. The lowest BCUT2D eigenvalue weighted by Gasteiger charge is -2.14. The Morgan fingerprint density at radius 2 is 2.00 bits per heavy atom. The van der Waals surface area contributed by atoms with Gasteiger partial charge in [0.05, 0.1) is 18.8 Å². The summed E-state index contributed by atoms with van der Waals surface area (Å²) in [6.07, 6.45) is 1.22. The predicted molar refractivity (Wildman–Crippen MR) is 86.3 cm³/mol. The summed E-state index contributed by atoms with van der Waals surface area (Å²) in [7, 11) is 1.50. The standard InChI is InChI=1S/C15H19N5O3/c1-9(2)23-15-12(16)13(17-8-18-15)19-20-14(21)10-6-4-5-7-11(10)22-3/h4-9H,16H2,1-3H3,(H,20,21)(H,17,18,19). The number of hydrazine groups is 1. The molecule has 0 radical (unpaired) electrons. The van der Waals surface area contributed by atoms with Crippen LogP contribution >= 0.6 is 0 Å². The Balaban J connectivity index is 2.10. The fourth-order valence-corrected chi connectivity index (χ4v) is 1.81. The average molecular weight is 317 g/mol. The third kappa shape index (κ3) is 4.00. The molecular weight excluding hydrogens is 298 g/mol. The highest BCUT2D eigenvalue weighted by atomic mass is 16.5. The number of carbonyl (C=O) groups excluding carboxylic acids is 1. The summed E-state index contributed by atoms with van der Waals surface area (Å²) in [5.74, 6) is 0.584. The molecule has 0 atom stereocenters. The Morgan fingerprint density at radius 1 is 1.26 bits per heavy atom. The van der Waals surface area contributed by atoms with E-state index in [-0.39, 0.29) is 29.4 Å². The Morgan fingerprint density at radius 3 is 2.70 bits per heavy atom. The summed E-state index contributed by atoms with van der Waals surface area (Å²) < 4.78 is 10.6. The van der Waals surface area contributed by atoms with E-state index in [9.17, 15) is 4.79 Å². The number of nitrogens with one attached hydrogen (secondary N) is 2. The van der Waals surface area contributed by atoms with Crippen molar-refractivity contribution in [2.45, 2.75) is 20.0 Å². The van der Waals surface area contributed by atoms with Crippen molar-refractivity contribution >= 4 is 17.4 Å². The number of para-hydroxylation sites is 1. The molecule has 0 aliphatic rings. The third-order valence-electron chi connectivity index (χ3n) is 2.84. The molecule has 0 saturated heterocycles. The molecule has 0 aliphatic carbocycles. The van der Waals surface area contributed by atoms with Gasteiger partial charge in [0.15, 0.2) is 5.82 Å². The van der Waals surface area contributed by atoms with Crippen molar-refractivity contribution in [3.63, 3.8) is 0 Å². The van der Waals surface area contributed by atoms with E-state index in [1.165, 1.54) is 13.4 Å². The van der Waals surface area contributed by atoms with Crippen molar-refractivity contribution in [3.8, 4) is 11.6 Å². The maximum absolute atomic E-state index is 12.2. The molecule has 2 rings (SSSR count). The third-order valence-corrected chi connectivity index (χ3v) is 2.84. The molecule has 2 aromatic rings. The summed E-state index contributed by atoms with van der Waals surface area (Å²) >= 11 is 0. The van der Waals surface area contributed by atoms with Gasteiger partial charge in [-0.15, -0.1) is 0 Å². The van der Waals surface area contributed by atoms with Crippen LogP contribution in [0.1, 0.15) is 24.2 Å². The molecule has 1 heterocycles. The second kappa shape index (κ2) is 7.30. The summed E-state index contributed by atoms with van der Waals surface area (Å²) in [5.41, 5.74) is 11.7. The van der Waals surface area contributed by atoms with E-state index in [2.05, 4.69) is 20.8 Å². The minimum Gasteiger partial charge on any atom is -0.496 e. The van der Waals surface area contributed by atoms with Crippen molar-refractivity contribution in [3.05, 3.63) is 36.2 Å². The van der Waals surface area contributed by atoms with Gasteiger partial charge in [0, 0.05) is 0 Å². The molecule has 0 aliphatic heterocycles. The van der Waals surface area contributed by atoms with Crippen LogP contribution in [0, 0.1) is 0 Å². The van der Waals surface area contributed by atoms with Crippen LogP contribution < -0.4 is 26.1 Å². The Hall–Kier alpha value is -3.03. The molecule has 23 heavy (non-hydrogen) atoms. The number of nitrogens with two attached hydrogens (primary N) is 1. The normalized spacial score (nSPS) is 10.3. The van der Waals surface area contributed by atoms with E-state index in [4.69, 9.17) is 15.2 Å². The first-order valence-electron chi connectivity index (χ1n) is 6.99. The van der Waals surface area contributed by atoms with Crippen LogP contribution in [0.25, 0.3) is 0 Å². The molecule has 4 N–H and O–H groups in total. The van der Waals surface area contributed by atoms with Crippen LogP contribution in [0.2, 0.25) is 0 Å². The Labute approximate surface area is 134 Å². The van der Waals surface area contributed by atoms with Crippen molar-refractivity contribution in [2.75, 3.05) is 18.3 Å². The lowest BCUT2D eigenvalue weighted by atomic mass is 10.2. The molecule has 0 bridgehead atoms. The zero-order valence-corrected chi connectivity index (χ0v) is 13.2. The van der Waals surface area contributed by atoms with Crippen molar-refractivity contribution < 1.29 is 14.3 Å². The quantitative estimate of drug-likeness (QED) is 0.694. The van der Waals surface area contributed by atoms with Gasteiger partial charge in [-0.05, 0) is 26.0 Å². The minimum absolute atomic E-state index is 0.0804. The number of methoxy groups -OCH3 is 1. The number of nitrogen functional groups attached to an aromatic ring is 1. The van der Waals surface area contributed by atoms with Crippen LogP contribution in [0.5, 0.6) is 11.6 Å². The highest BCUT2D eigenvalue weighted by Crippen LogP contribution is 2.25. The minimum atomic E-state index is -0.383. The molecule has 122 valence electrons. The second-order valence-corrected chi connectivity index (χ2v) is 4.89. The van der Waals surface area contributed by atoms with Gasteiger partial charge in [-0.2, -0.15) is 4.98 Å². The SMILES string of the molecule is COc1ccccc1C(=O)NNc1ncnc(OC(C)C)c1N. The van der Waals surface area contributed by atoms with Gasteiger partial charge in [-0.25, -0.2) is 4.98 Å². The number of rotatable bonds is 6. The fraction of sp³-hybridized carbons (Fsp3) is 0.267. The highest BCUT2D eigenvalue weighted by Gasteiger charge is 2.14. The number of ether oxygens (including phenoxy) is 2. The fourth-order valence-electron chi connectivity index (χ4n) is 1.81. The largest absolute Gasteiger partial charge is 0.496 e. The van der Waals surface area contributed by atoms with Crippen LogP contribution in [0.3, 0.4) is 0 Å². The lowest BCUT2D eigenvalue weighted by Crippen LogP contribution is -2.30. The second-order valence-electron chi connectivity index (χ2n) is 4.89. The van der Waals surface area contributed by atoms with E-state index in [1.807, 2.05) is 13.8 Å². The van der Waals surface area contributed by atoms with E-state index in [0.29, 0.717) is 11.3 Å². The molecule has 0 saturated carbocycles. The molecule has 0 spiro atoms. The first-order chi connectivity index (χ1) is 11.0. The number of amides is 1. The van der Waals surface area contributed by atoms with E-state index >= 15 is 0 Å². The number of nitrogens with zero attached hydrogens (tertiary/aromatic N) is 2. The van der Waals surface area contributed by atoms with Gasteiger partial charge in [0.2, 0.25) is 5.88 Å². The average Bonchev–Trinajstić information content (AvgIpc) is 2.55. The van der Waals surface area contributed by atoms with Crippen LogP contribution in [0.4, 0.5) is 11.5 Å². The number of benzene rings is 1. The summed E-state index contributed by atoms with van der Waals surface area (Å²) in [5, 5.41) is 0. The molecule has 1 amide bonds. The highest BCUT2D eigenvalue weighted by molar-refractivity contribution is 5.97. The summed E-state index contributed by atoms with van der Waals surface area (Å²) in [4.78, 5) is 20.1. The van der Waals surface area contributed by atoms with Crippen LogP contribution in [-0.4, -0.2) is 29.1 Å². The summed E-state index contributed by atoms with van der Waals surface area (Å²) in [6, 6.07) is 6.86. The number of anilines is 2. The molecule has 0 fully saturated rings. The van der Waals surface area contributed by atoms with Gasteiger partial charge < -0.3 is 15.2 Å². The smallest absolute Gasteiger partial charge is 0.273 e. The molecule has 1 aromatic carbocycles. The van der Waals surface area contributed by atoms with Crippen molar-refractivity contribution in [1.29, 1.82) is 0 Å². The Kier molecular flexibility index (Phi) is 5.19. The van der Waals surface area contributed by atoms with Crippen molar-refractivity contribution in [2.24, 2.45) is 0 Å². The van der Waals surface area contributed by atoms with E-state index < -0.39 is 0 Å². The first kappa shape index (κ1) is 16.3. The molecular formula is C15H19N5O3. The van der Waals surface area contributed by atoms with Gasteiger partial charge in [-0.1, -0.05) is 12.1 Å². The first-order valence-corrected chi connectivity index (χ1v) is 6.99. The topological polar surface area (TPSA) is 111 Å². The van der Waals surface area contributed by atoms with Crippen LogP contribution in [-0.2, 0) is 0 Å². The number of hydrogen-bond acceptors (Lipinski definition) is 7. The van der Waals surface area contributed by atoms with Gasteiger partial charge in [-0.3, -0.25) is 15.6 Å². The summed E-state index contributed by atoms with van der Waals surface area (Å²) in [6.45, 7) is 3.72. The molecule has 0 unspecified atom stereocenters.